The van der Waals surface area contributed by atoms with Gasteiger partial charge in [0.15, 0.2) is 0 Å². The van der Waals surface area contributed by atoms with Crippen LogP contribution in [-0.4, -0.2) is 5.91 Å². The predicted molar refractivity (Wildman–Crippen MR) is 131 cm³/mol. The third kappa shape index (κ3) is 6.08. The molecule has 0 fully saturated rings. The van der Waals surface area contributed by atoms with Crippen LogP contribution in [0.1, 0.15) is 11.1 Å². The highest BCUT2D eigenvalue weighted by atomic mass is 127. The Morgan fingerprint density at radius 2 is 1.90 bits per heavy atom. The number of para-hydroxylation sites is 1. The molecule has 0 radical (unpaired) electrons. The molecule has 30 heavy (non-hydrogen) atoms. The SMILES string of the molecule is N#C/C(=C\c1ccc(OCc2ccc(Br)cc2)c(I)c1)C(=O)Nc1ccccc1Cl. The van der Waals surface area contributed by atoms with E-state index in [9.17, 15) is 10.1 Å². The lowest BCUT2D eigenvalue weighted by Gasteiger charge is -2.10. The van der Waals surface area contributed by atoms with Gasteiger partial charge in [-0.25, -0.2) is 0 Å². The molecule has 1 amide bonds. The lowest BCUT2D eigenvalue weighted by molar-refractivity contribution is -0.112. The van der Waals surface area contributed by atoms with Crippen LogP contribution in [0.4, 0.5) is 5.69 Å². The number of nitriles is 1. The number of nitrogens with one attached hydrogen (secondary N) is 1. The minimum absolute atomic E-state index is 0.0192. The first-order valence-electron chi connectivity index (χ1n) is 8.81. The first kappa shape index (κ1) is 22.3. The van der Waals surface area contributed by atoms with E-state index in [4.69, 9.17) is 16.3 Å². The number of ether oxygens (including phenoxy) is 1. The topological polar surface area (TPSA) is 62.1 Å². The fourth-order valence-electron chi connectivity index (χ4n) is 2.53. The van der Waals surface area contributed by atoms with Crippen molar-refractivity contribution in [3.8, 4) is 11.8 Å². The quantitative estimate of drug-likeness (QED) is 0.194. The van der Waals surface area contributed by atoms with Crippen LogP contribution in [0.25, 0.3) is 6.08 Å². The summed E-state index contributed by atoms with van der Waals surface area (Å²) < 4.78 is 7.78. The lowest BCUT2D eigenvalue weighted by atomic mass is 10.1. The molecule has 0 saturated heterocycles. The van der Waals surface area contributed by atoms with Gasteiger partial charge >= 0.3 is 0 Å². The van der Waals surface area contributed by atoms with Crippen LogP contribution in [-0.2, 0) is 11.4 Å². The van der Waals surface area contributed by atoms with Crippen molar-refractivity contribution in [1.82, 2.24) is 0 Å². The van der Waals surface area contributed by atoms with E-state index in [0.29, 0.717) is 17.3 Å². The predicted octanol–water partition coefficient (Wildman–Crippen LogP) is 6.83. The number of hydrogen-bond acceptors (Lipinski definition) is 3. The Morgan fingerprint density at radius 1 is 1.17 bits per heavy atom. The summed E-state index contributed by atoms with van der Waals surface area (Å²) in [5, 5.41) is 12.5. The zero-order valence-electron chi connectivity index (χ0n) is 15.5. The van der Waals surface area contributed by atoms with Crippen molar-refractivity contribution in [3.05, 3.63) is 96.5 Å². The Kier molecular flexibility index (Phi) is 7.91. The fourth-order valence-corrected chi connectivity index (χ4v) is 3.68. The second-order valence-electron chi connectivity index (χ2n) is 6.21. The van der Waals surface area contributed by atoms with E-state index in [1.165, 1.54) is 6.08 Å². The van der Waals surface area contributed by atoms with Gasteiger partial charge in [0, 0.05) is 4.47 Å². The van der Waals surface area contributed by atoms with Gasteiger partial charge in [-0.1, -0.05) is 57.9 Å². The number of carbonyl (C=O) groups excluding carboxylic acids is 1. The maximum atomic E-state index is 12.4. The summed E-state index contributed by atoms with van der Waals surface area (Å²) in [4.78, 5) is 12.4. The second-order valence-corrected chi connectivity index (χ2v) is 8.69. The molecule has 0 saturated carbocycles. The number of amides is 1. The highest BCUT2D eigenvalue weighted by Gasteiger charge is 2.12. The largest absolute Gasteiger partial charge is 0.488 e. The molecular formula is C23H15BrClIN2O2. The average Bonchev–Trinajstić information content (AvgIpc) is 2.74. The Bertz CT molecular complexity index is 1140. The Balaban J connectivity index is 1.71. The summed E-state index contributed by atoms with van der Waals surface area (Å²) in [6.45, 7) is 0.447. The molecule has 3 rings (SSSR count). The van der Waals surface area contributed by atoms with Gasteiger partial charge in [-0.05, 0) is 76.2 Å². The number of anilines is 1. The standard InChI is InChI=1S/C23H15BrClIN2O2/c24-18-8-5-15(6-9-18)14-30-22-10-7-16(12-20(22)26)11-17(13-27)23(29)28-21-4-2-1-3-19(21)25/h1-12H,14H2,(H,28,29)/b17-11+. The van der Waals surface area contributed by atoms with Crippen molar-refractivity contribution >= 4 is 67.8 Å². The molecule has 0 spiro atoms. The van der Waals surface area contributed by atoms with Gasteiger partial charge in [-0.3, -0.25) is 4.79 Å². The second kappa shape index (κ2) is 10.6. The summed E-state index contributed by atoms with van der Waals surface area (Å²) in [5.41, 5.74) is 2.22. The van der Waals surface area contributed by atoms with Crippen molar-refractivity contribution in [3.63, 3.8) is 0 Å². The van der Waals surface area contributed by atoms with Crippen LogP contribution in [0.3, 0.4) is 0 Å². The molecule has 0 aliphatic heterocycles. The highest BCUT2D eigenvalue weighted by molar-refractivity contribution is 14.1. The summed E-state index contributed by atoms with van der Waals surface area (Å²) >= 11 is 11.6. The van der Waals surface area contributed by atoms with E-state index in [-0.39, 0.29) is 5.57 Å². The van der Waals surface area contributed by atoms with E-state index in [1.54, 1.807) is 30.3 Å². The van der Waals surface area contributed by atoms with Crippen molar-refractivity contribution in [2.45, 2.75) is 6.61 Å². The van der Waals surface area contributed by atoms with Crippen molar-refractivity contribution in [2.24, 2.45) is 0 Å². The maximum absolute atomic E-state index is 12.4. The highest BCUT2D eigenvalue weighted by Crippen LogP contribution is 2.25. The molecule has 0 aromatic heterocycles. The third-order valence-electron chi connectivity index (χ3n) is 4.06. The summed E-state index contributed by atoms with van der Waals surface area (Å²) in [6.07, 6.45) is 1.53. The smallest absolute Gasteiger partial charge is 0.266 e. The minimum Gasteiger partial charge on any atom is -0.488 e. The number of rotatable bonds is 6. The summed E-state index contributed by atoms with van der Waals surface area (Å²) in [5.74, 6) is 0.214. The normalized spacial score (nSPS) is 10.9. The number of carbonyl (C=O) groups is 1. The molecule has 3 aromatic rings. The Labute approximate surface area is 201 Å². The minimum atomic E-state index is -0.517. The average molecular weight is 594 g/mol. The molecule has 0 aliphatic carbocycles. The molecule has 150 valence electrons. The molecule has 4 nitrogen and oxygen atoms in total. The first-order chi connectivity index (χ1) is 14.5. The molecule has 0 atom stereocenters. The first-order valence-corrected chi connectivity index (χ1v) is 11.1. The lowest BCUT2D eigenvalue weighted by Crippen LogP contribution is -2.13. The zero-order valence-corrected chi connectivity index (χ0v) is 20.0. The van der Waals surface area contributed by atoms with Crippen LogP contribution >= 0.6 is 50.1 Å². The van der Waals surface area contributed by atoms with Crippen molar-refractivity contribution in [2.75, 3.05) is 5.32 Å². The van der Waals surface area contributed by atoms with E-state index >= 15 is 0 Å². The maximum Gasteiger partial charge on any atom is 0.266 e. The van der Waals surface area contributed by atoms with Gasteiger partial charge in [0.25, 0.3) is 5.91 Å². The van der Waals surface area contributed by atoms with Crippen LogP contribution in [0.5, 0.6) is 5.75 Å². The van der Waals surface area contributed by atoms with E-state index in [1.807, 2.05) is 42.5 Å². The Hall–Kier alpha value is -2.34. The fraction of sp³-hybridized carbons (Fsp3) is 0.0435. The van der Waals surface area contributed by atoms with Gasteiger partial charge in [-0.2, -0.15) is 5.26 Å². The molecule has 0 heterocycles. The van der Waals surface area contributed by atoms with E-state index in [0.717, 1.165) is 24.9 Å². The molecule has 1 N–H and O–H groups in total. The van der Waals surface area contributed by atoms with Gasteiger partial charge in [-0.15, -0.1) is 0 Å². The van der Waals surface area contributed by atoms with Crippen LogP contribution in [0, 0.1) is 14.9 Å². The summed E-state index contributed by atoms with van der Waals surface area (Å²) in [7, 11) is 0. The van der Waals surface area contributed by atoms with Gasteiger partial charge < -0.3 is 10.1 Å². The van der Waals surface area contributed by atoms with Gasteiger partial charge in [0.05, 0.1) is 14.3 Å². The monoisotopic (exact) mass is 592 g/mol. The third-order valence-corrected chi connectivity index (χ3v) is 5.76. The molecule has 3 aromatic carbocycles. The number of hydrogen-bond donors (Lipinski definition) is 1. The summed E-state index contributed by atoms with van der Waals surface area (Å²) in [6, 6.07) is 22.2. The van der Waals surface area contributed by atoms with Crippen molar-refractivity contribution in [1.29, 1.82) is 5.26 Å². The van der Waals surface area contributed by atoms with E-state index < -0.39 is 5.91 Å². The van der Waals surface area contributed by atoms with Gasteiger partial charge in [0.2, 0.25) is 0 Å². The Morgan fingerprint density at radius 3 is 2.57 bits per heavy atom. The number of halogens is 3. The molecular weight excluding hydrogens is 579 g/mol. The zero-order chi connectivity index (χ0) is 21.5. The van der Waals surface area contributed by atoms with Crippen LogP contribution in [0.2, 0.25) is 5.02 Å². The number of nitrogens with zero attached hydrogens (tertiary/aromatic N) is 1. The molecule has 7 heteroatoms. The molecule has 0 aliphatic rings. The number of benzene rings is 3. The van der Waals surface area contributed by atoms with Crippen LogP contribution < -0.4 is 10.1 Å². The van der Waals surface area contributed by atoms with E-state index in [2.05, 4.69) is 43.8 Å². The van der Waals surface area contributed by atoms with Crippen LogP contribution in [0.15, 0.2) is 76.8 Å². The van der Waals surface area contributed by atoms with Gasteiger partial charge in [0.1, 0.15) is 24.0 Å². The van der Waals surface area contributed by atoms with Crippen molar-refractivity contribution < 1.29 is 9.53 Å². The molecule has 0 unspecified atom stereocenters. The molecule has 0 bridgehead atoms.